The zero-order valence-corrected chi connectivity index (χ0v) is 16.5. The average molecular weight is 372 g/mol. The second-order valence-electron chi connectivity index (χ2n) is 7.41. The molecule has 0 atom stereocenters. The molecular weight excluding hydrogens is 348 g/mol. The van der Waals surface area contributed by atoms with Crippen LogP contribution in [0.15, 0.2) is 48.5 Å². The Morgan fingerprint density at radius 2 is 1.79 bits per heavy atom. The molecule has 5 heteroatoms. The van der Waals surface area contributed by atoms with E-state index in [9.17, 15) is 4.79 Å². The van der Waals surface area contributed by atoms with Gasteiger partial charge in [-0.15, -0.1) is 0 Å². The molecule has 2 aromatic carbocycles. The Labute approximate surface area is 165 Å². The zero-order valence-electron chi connectivity index (χ0n) is 16.5. The van der Waals surface area contributed by atoms with E-state index in [1.807, 2.05) is 32.9 Å². The zero-order chi connectivity index (χ0) is 19.7. The van der Waals surface area contributed by atoms with Gasteiger partial charge in [0.05, 0.1) is 0 Å². The first-order valence-corrected chi connectivity index (χ1v) is 9.55. The molecule has 0 bridgehead atoms. The summed E-state index contributed by atoms with van der Waals surface area (Å²) in [4.78, 5) is 24.1. The quantitative estimate of drug-likeness (QED) is 0.748. The molecule has 5 nitrogen and oxygen atoms in total. The van der Waals surface area contributed by atoms with Gasteiger partial charge in [-0.2, -0.15) is 0 Å². The van der Waals surface area contributed by atoms with Gasteiger partial charge in [0.15, 0.2) is 0 Å². The van der Waals surface area contributed by atoms with Crippen molar-refractivity contribution in [3.8, 4) is 0 Å². The van der Waals surface area contributed by atoms with Crippen LogP contribution in [0, 0.1) is 20.8 Å². The molecule has 2 heterocycles. The van der Waals surface area contributed by atoms with Gasteiger partial charge in [-0.05, 0) is 56.0 Å². The summed E-state index contributed by atoms with van der Waals surface area (Å²) in [6.45, 7) is 7.53. The minimum Gasteiger partial charge on any atom is -0.336 e. The fourth-order valence-corrected chi connectivity index (χ4v) is 3.62. The third-order valence-corrected chi connectivity index (χ3v) is 5.12. The van der Waals surface area contributed by atoms with Crippen molar-refractivity contribution in [1.29, 1.82) is 0 Å². The standard InChI is InChI=1S/C23H24N4O/c1-15-8-9-20(16(2)12-15)25-22(28)21-13-17(3)24-23(26-21)27-11-10-18-6-4-5-7-19(18)14-27/h4-9,12-13H,10-11,14H2,1-3H3,(H,25,28). The molecule has 1 aromatic heterocycles. The Bertz CT molecular complexity index is 1040. The molecule has 0 unspecified atom stereocenters. The normalized spacial score (nSPS) is 13.2. The number of anilines is 2. The third-order valence-electron chi connectivity index (χ3n) is 5.12. The average Bonchev–Trinajstić information content (AvgIpc) is 2.69. The van der Waals surface area contributed by atoms with E-state index in [0.29, 0.717) is 11.6 Å². The van der Waals surface area contributed by atoms with Crippen LogP contribution in [0.1, 0.15) is 38.4 Å². The van der Waals surface area contributed by atoms with Crippen molar-refractivity contribution in [3.05, 3.63) is 82.2 Å². The van der Waals surface area contributed by atoms with E-state index in [1.54, 1.807) is 6.07 Å². The molecule has 142 valence electrons. The minimum atomic E-state index is -0.212. The molecule has 28 heavy (non-hydrogen) atoms. The predicted octanol–water partition coefficient (Wildman–Crippen LogP) is 4.22. The maximum Gasteiger partial charge on any atom is 0.274 e. The topological polar surface area (TPSA) is 58.1 Å². The van der Waals surface area contributed by atoms with E-state index in [-0.39, 0.29) is 5.91 Å². The summed E-state index contributed by atoms with van der Waals surface area (Å²) in [6, 6.07) is 16.2. The van der Waals surface area contributed by atoms with Crippen molar-refractivity contribution in [2.45, 2.75) is 33.7 Å². The molecule has 1 N–H and O–H groups in total. The summed E-state index contributed by atoms with van der Waals surface area (Å²) in [7, 11) is 0. The Hall–Kier alpha value is -3.21. The van der Waals surface area contributed by atoms with Crippen LogP contribution in [-0.2, 0) is 13.0 Å². The van der Waals surface area contributed by atoms with Gasteiger partial charge < -0.3 is 10.2 Å². The van der Waals surface area contributed by atoms with E-state index >= 15 is 0 Å². The summed E-state index contributed by atoms with van der Waals surface area (Å²) in [6.07, 6.45) is 0.956. The molecule has 0 fully saturated rings. The molecule has 1 aliphatic heterocycles. The summed E-state index contributed by atoms with van der Waals surface area (Å²) >= 11 is 0. The van der Waals surface area contributed by atoms with Crippen molar-refractivity contribution in [3.63, 3.8) is 0 Å². The Kier molecular flexibility index (Phi) is 4.82. The highest BCUT2D eigenvalue weighted by atomic mass is 16.1. The van der Waals surface area contributed by atoms with Gasteiger partial charge in [0.2, 0.25) is 5.95 Å². The van der Waals surface area contributed by atoms with Gasteiger partial charge in [0, 0.05) is 24.5 Å². The molecule has 4 rings (SSSR count). The minimum absolute atomic E-state index is 0.212. The number of nitrogens with one attached hydrogen (secondary N) is 1. The van der Waals surface area contributed by atoms with E-state index in [4.69, 9.17) is 0 Å². The van der Waals surface area contributed by atoms with Crippen molar-refractivity contribution < 1.29 is 4.79 Å². The molecule has 0 radical (unpaired) electrons. The van der Waals surface area contributed by atoms with Crippen molar-refractivity contribution >= 4 is 17.5 Å². The lowest BCUT2D eigenvalue weighted by Crippen LogP contribution is -2.32. The Morgan fingerprint density at radius 3 is 2.57 bits per heavy atom. The molecule has 3 aromatic rings. The number of carbonyl (C=O) groups is 1. The number of rotatable bonds is 3. The van der Waals surface area contributed by atoms with Gasteiger partial charge in [-0.3, -0.25) is 4.79 Å². The summed E-state index contributed by atoms with van der Waals surface area (Å²) in [5.41, 5.74) is 6.85. The van der Waals surface area contributed by atoms with E-state index in [2.05, 4.69) is 50.5 Å². The van der Waals surface area contributed by atoms with Gasteiger partial charge in [0.1, 0.15) is 5.69 Å². The number of benzene rings is 2. The predicted molar refractivity (Wildman–Crippen MR) is 112 cm³/mol. The molecule has 0 aliphatic carbocycles. The fourth-order valence-electron chi connectivity index (χ4n) is 3.62. The number of hydrogen-bond donors (Lipinski definition) is 1. The van der Waals surface area contributed by atoms with Crippen LogP contribution in [0.2, 0.25) is 0 Å². The number of nitrogens with zero attached hydrogens (tertiary/aromatic N) is 3. The first kappa shape index (κ1) is 18.2. The number of fused-ring (bicyclic) bond motifs is 1. The summed E-state index contributed by atoms with van der Waals surface area (Å²) in [5, 5.41) is 2.98. The largest absolute Gasteiger partial charge is 0.336 e. The highest BCUT2D eigenvalue weighted by molar-refractivity contribution is 6.03. The van der Waals surface area contributed by atoms with Crippen molar-refractivity contribution in [2.24, 2.45) is 0 Å². The maximum absolute atomic E-state index is 12.8. The van der Waals surface area contributed by atoms with E-state index in [0.717, 1.165) is 36.5 Å². The molecule has 0 saturated heterocycles. The smallest absolute Gasteiger partial charge is 0.274 e. The summed E-state index contributed by atoms with van der Waals surface area (Å²) in [5.74, 6) is 0.399. The summed E-state index contributed by atoms with van der Waals surface area (Å²) < 4.78 is 0. The van der Waals surface area contributed by atoms with Crippen LogP contribution in [0.5, 0.6) is 0 Å². The lowest BCUT2D eigenvalue weighted by Gasteiger charge is -2.29. The van der Waals surface area contributed by atoms with Crippen LogP contribution >= 0.6 is 0 Å². The number of carbonyl (C=O) groups excluding carboxylic acids is 1. The monoisotopic (exact) mass is 372 g/mol. The van der Waals surface area contributed by atoms with Crippen LogP contribution < -0.4 is 10.2 Å². The first-order chi connectivity index (χ1) is 13.5. The maximum atomic E-state index is 12.8. The second kappa shape index (κ2) is 7.43. The van der Waals surface area contributed by atoms with E-state index in [1.165, 1.54) is 16.7 Å². The first-order valence-electron chi connectivity index (χ1n) is 9.55. The van der Waals surface area contributed by atoms with Crippen LogP contribution in [-0.4, -0.2) is 22.4 Å². The number of aryl methyl sites for hydroxylation is 3. The van der Waals surface area contributed by atoms with Crippen LogP contribution in [0.4, 0.5) is 11.6 Å². The lowest BCUT2D eigenvalue weighted by molar-refractivity contribution is 0.102. The molecule has 1 amide bonds. The fraction of sp³-hybridized carbons (Fsp3) is 0.261. The van der Waals surface area contributed by atoms with Crippen molar-refractivity contribution in [2.75, 3.05) is 16.8 Å². The number of hydrogen-bond acceptors (Lipinski definition) is 4. The molecule has 0 spiro atoms. The van der Waals surface area contributed by atoms with Gasteiger partial charge >= 0.3 is 0 Å². The molecular formula is C23H24N4O. The highest BCUT2D eigenvalue weighted by Crippen LogP contribution is 2.23. The molecule has 0 saturated carbocycles. The van der Waals surface area contributed by atoms with Gasteiger partial charge in [-0.1, -0.05) is 42.0 Å². The molecule has 1 aliphatic rings. The van der Waals surface area contributed by atoms with Gasteiger partial charge in [-0.25, -0.2) is 9.97 Å². The van der Waals surface area contributed by atoms with Crippen LogP contribution in [0.3, 0.4) is 0 Å². The lowest BCUT2D eigenvalue weighted by atomic mass is 10.0. The third kappa shape index (κ3) is 3.74. The van der Waals surface area contributed by atoms with E-state index < -0.39 is 0 Å². The van der Waals surface area contributed by atoms with Crippen LogP contribution in [0.25, 0.3) is 0 Å². The van der Waals surface area contributed by atoms with Crippen molar-refractivity contribution in [1.82, 2.24) is 9.97 Å². The van der Waals surface area contributed by atoms with Gasteiger partial charge in [0.25, 0.3) is 5.91 Å². The Morgan fingerprint density at radius 1 is 1.00 bits per heavy atom. The Balaban J connectivity index is 1.58. The second-order valence-corrected chi connectivity index (χ2v) is 7.41. The number of aromatic nitrogens is 2. The number of amides is 1. The highest BCUT2D eigenvalue weighted by Gasteiger charge is 2.20. The SMILES string of the molecule is Cc1ccc(NC(=O)c2cc(C)nc(N3CCc4ccccc4C3)n2)c(C)c1.